The number of hydrogen-bond acceptors (Lipinski definition) is 1. The third-order valence-electron chi connectivity index (χ3n) is 2.01. The molecule has 13 heavy (non-hydrogen) atoms. The molecule has 70 valence electrons. The molecule has 0 amide bonds. The maximum Gasteiger partial charge on any atom is 0.123 e. The maximum absolute atomic E-state index is 10.4. The summed E-state index contributed by atoms with van der Waals surface area (Å²) >= 11 is 5.88. The zero-order chi connectivity index (χ0) is 9.84. The largest absolute Gasteiger partial charge is 0.303 e. The van der Waals surface area contributed by atoms with Crippen LogP contribution in [0, 0.1) is 12.8 Å². The van der Waals surface area contributed by atoms with E-state index in [1.165, 1.54) is 5.56 Å². The minimum atomic E-state index is 0.0839. The van der Waals surface area contributed by atoms with Crippen LogP contribution < -0.4 is 0 Å². The molecule has 1 aromatic rings. The molecule has 0 aliphatic rings. The van der Waals surface area contributed by atoms with E-state index < -0.39 is 0 Å². The van der Waals surface area contributed by atoms with Gasteiger partial charge in [0.15, 0.2) is 0 Å². The van der Waals surface area contributed by atoms with Gasteiger partial charge in [0, 0.05) is 10.9 Å². The number of halogens is 1. The van der Waals surface area contributed by atoms with E-state index in [0.717, 1.165) is 23.3 Å². The smallest absolute Gasteiger partial charge is 0.123 e. The van der Waals surface area contributed by atoms with Crippen molar-refractivity contribution in [1.29, 1.82) is 0 Å². The van der Waals surface area contributed by atoms with Crippen molar-refractivity contribution in [2.75, 3.05) is 0 Å². The Labute approximate surface area is 83.7 Å². The van der Waals surface area contributed by atoms with E-state index in [1.54, 1.807) is 0 Å². The predicted molar refractivity (Wildman–Crippen MR) is 55.1 cm³/mol. The van der Waals surface area contributed by atoms with Crippen molar-refractivity contribution in [1.82, 2.24) is 0 Å². The Balaban J connectivity index is 2.79. The van der Waals surface area contributed by atoms with Gasteiger partial charge in [-0.25, -0.2) is 0 Å². The first-order valence-corrected chi connectivity index (χ1v) is 4.71. The standard InChI is InChI=1S/C11H13ClO/c1-8(7-13)5-10-3-4-11(12)9(2)6-10/h3-4,6-8H,5H2,1-2H3. The Morgan fingerprint density at radius 1 is 1.54 bits per heavy atom. The fourth-order valence-corrected chi connectivity index (χ4v) is 1.37. The number of carbonyl (C=O) groups is 1. The second-order valence-corrected chi connectivity index (χ2v) is 3.81. The van der Waals surface area contributed by atoms with Crippen molar-refractivity contribution in [2.45, 2.75) is 20.3 Å². The van der Waals surface area contributed by atoms with Crippen LogP contribution in [0.1, 0.15) is 18.1 Å². The molecule has 1 atom stereocenters. The normalized spacial score (nSPS) is 12.5. The Hall–Kier alpha value is -0.820. The van der Waals surface area contributed by atoms with Gasteiger partial charge in [-0.3, -0.25) is 0 Å². The Bertz CT molecular complexity index is 307. The highest BCUT2D eigenvalue weighted by atomic mass is 35.5. The number of hydrogen-bond donors (Lipinski definition) is 0. The van der Waals surface area contributed by atoms with Gasteiger partial charge in [0.05, 0.1) is 0 Å². The molecule has 1 unspecified atom stereocenters. The highest BCUT2D eigenvalue weighted by molar-refractivity contribution is 6.31. The maximum atomic E-state index is 10.4. The molecule has 0 heterocycles. The van der Waals surface area contributed by atoms with Crippen molar-refractivity contribution in [3.63, 3.8) is 0 Å². The van der Waals surface area contributed by atoms with Crippen LogP contribution in [0.25, 0.3) is 0 Å². The van der Waals surface area contributed by atoms with Crippen LogP contribution in [0.3, 0.4) is 0 Å². The number of benzene rings is 1. The molecule has 1 aromatic carbocycles. The molecule has 0 aliphatic heterocycles. The van der Waals surface area contributed by atoms with Crippen molar-refractivity contribution in [2.24, 2.45) is 5.92 Å². The summed E-state index contributed by atoms with van der Waals surface area (Å²) in [5, 5.41) is 0.780. The Kier molecular flexibility index (Phi) is 3.49. The summed E-state index contributed by atoms with van der Waals surface area (Å²) in [5.74, 6) is 0.0839. The second kappa shape index (κ2) is 4.43. The van der Waals surface area contributed by atoms with E-state index >= 15 is 0 Å². The molecule has 1 rings (SSSR count). The van der Waals surface area contributed by atoms with E-state index in [2.05, 4.69) is 0 Å². The monoisotopic (exact) mass is 196 g/mol. The molecule has 0 radical (unpaired) electrons. The zero-order valence-electron chi connectivity index (χ0n) is 7.88. The second-order valence-electron chi connectivity index (χ2n) is 3.40. The molecule has 0 bridgehead atoms. The summed E-state index contributed by atoms with van der Waals surface area (Å²) in [7, 11) is 0. The van der Waals surface area contributed by atoms with Crippen LogP contribution in [0.4, 0.5) is 0 Å². The summed E-state index contributed by atoms with van der Waals surface area (Å²) in [5.41, 5.74) is 2.23. The molecule has 0 fully saturated rings. The molecule has 0 aromatic heterocycles. The summed E-state index contributed by atoms with van der Waals surface area (Å²) in [6, 6.07) is 5.88. The molecule has 0 spiro atoms. The van der Waals surface area contributed by atoms with E-state index in [-0.39, 0.29) is 5.92 Å². The quantitative estimate of drug-likeness (QED) is 0.680. The lowest BCUT2D eigenvalue weighted by Crippen LogP contribution is -2.00. The van der Waals surface area contributed by atoms with Gasteiger partial charge in [-0.2, -0.15) is 0 Å². The van der Waals surface area contributed by atoms with Gasteiger partial charge < -0.3 is 4.79 Å². The van der Waals surface area contributed by atoms with Crippen LogP contribution in [-0.4, -0.2) is 6.29 Å². The Morgan fingerprint density at radius 3 is 2.77 bits per heavy atom. The average Bonchev–Trinajstić information content (AvgIpc) is 2.11. The lowest BCUT2D eigenvalue weighted by atomic mass is 10.0. The van der Waals surface area contributed by atoms with Gasteiger partial charge in [-0.1, -0.05) is 30.7 Å². The number of aldehydes is 1. The summed E-state index contributed by atoms with van der Waals surface area (Å²) < 4.78 is 0. The van der Waals surface area contributed by atoms with Gasteiger partial charge in [0.2, 0.25) is 0 Å². The molecule has 0 saturated heterocycles. The zero-order valence-corrected chi connectivity index (χ0v) is 8.64. The third kappa shape index (κ3) is 2.85. The first-order chi connectivity index (χ1) is 6.13. The summed E-state index contributed by atoms with van der Waals surface area (Å²) in [6.45, 7) is 3.88. The minimum Gasteiger partial charge on any atom is -0.303 e. The van der Waals surface area contributed by atoms with Crippen LogP contribution in [0.5, 0.6) is 0 Å². The van der Waals surface area contributed by atoms with Crippen LogP contribution in [0.15, 0.2) is 18.2 Å². The summed E-state index contributed by atoms with van der Waals surface area (Å²) in [4.78, 5) is 10.4. The molecule has 0 aliphatic carbocycles. The van der Waals surface area contributed by atoms with Gasteiger partial charge in [0.25, 0.3) is 0 Å². The molecular weight excluding hydrogens is 184 g/mol. The van der Waals surface area contributed by atoms with E-state index in [4.69, 9.17) is 11.6 Å². The summed E-state index contributed by atoms with van der Waals surface area (Å²) in [6.07, 6.45) is 1.77. The van der Waals surface area contributed by atoms with Gasteiger partial charge in [-0.05, 0) is 30.5 Å². The molecule has 1 nitrogen and oxygen atoms in total. The van der Waals surface area contributed by atoms with Crippen molar-refractivity contribution < 1.29 is 4.79 Å². The van der Waals surface area contributed by atoms with Gasteiger partial charge >= 0.3 is 0 Å². The van der Waals surface area contributed by atoms with E-state index in [1.807, 2.05) is 32.0 Å². The van der Waals surface area contributed by atoms with Gasteiger partial charge in [-0.15, -0.1) is 0 Å². The minimum absolute atomic E-state index is 0.0839. The van der Waals surface area contributed by atoms with Crippen molar-refractivity contribution in [3.05, 3.63) is 34.3 Å². The van der Waals surface area contributed by atoms with E-state index in [9.17, 15) is 4.79 Å². The number of rotatable bonds is 3. The average molecular weight is 197 g/mol. The van der Waals surface area contributed by atoms with E-state index in [0.29, 0.717) is 0 Å². The molecule has 0 saturated carbocycles. The topological polar surface area (TPSA) is 17.1 Å². The Morgan fingerprint density at radius 2 is 2.23 bits per heavy atom. The fourth-order valence-electron chi connectivity index (χ4n) is 1.25. The molecule has 2 heteroatoms. The number of aryl methyl sites for hydroxylation is 1. The third-order valence-corrected chi connectivity index (χ3v) is 2.44. The SMILES string of the molecule is Cc1cc(CC(C)C=O)ccc1Cl. The highest BCUT2D eigenvalue weighted by Gasteiger charge is 2.02. The lowest BCUT2D eigenvalue weighted by Gasteiger charge is -2.05. The lowest BCUT2D eigenvalue weighted by molar-refractivity contribution is -0.110. The van der Waals surface area contributed by atoms with Crippen LogP contribution in [-0.2, 0) is 11.2 Å². The predicted octanol–water partition coefficient (Wildman–Crippen LogP) is 3.03. The van der Waals surface area contributed by atoms with Crippen LogP contribution >= 0.6 is 11.6 Å². The molecule has 0 N–H and O–H groups in total. The van der Waals surface area contributed by atoms with Gasteiger partial charge in [0.1, 0.15) is 6.29 Å². The van der Waals surface area contributed by atoms with Crippen LogP contribution in [0.2, 0.25) is 5.02 Å². The first-order valence-electron chi connectivity index (χ1n) is 4.34. The fraction of sp³-hybridized carbons (Fsp3) is 0.364. The first kappa shape index (κ1) is 10.3. The van der Waals surface area contributed by atoms with Crippen molar-refractivity contribution in [3.8, 4) is 0 Å². The highest BCUT2D eigenvalue weighted by Crippen LogP contribution is 2.17. The van der Waals surface area contributed by atoms with Crippen molar-refractivity contribution >= 4 is 17.9 Å². The number of carbonyl (C=O) groups excluding carboxylic acids is 1. The molecular formula is C11H13ClO.